The van der Waals surface area contributed by atoms with E-state index in [9.17, 15) is 19.7 Å². The summed E-state index contributed by atoms with van der Waals surface area (Å²) >= 11 is 4.26. The van der Waals surface area contributed by atoms with E-state index >= 15 is 0 Å². The van der Waals surface area contributed by atoms with Crippen LogP contribution in [0.3, 0.4) is 0 Å². The molecule has 120 valence electrons. The number of carbonyl (C=O) groups is 2. The lowest BCUT2D eigenvalue weighted by Crippen LogP contribution is -2.55. The van der Waals surface area contributed by atoms with Gasteiger partial charge in [-0.3, -0.25) is 14.9 Å². The Morgan fingerprint density at radius 2 is 1.95 bits per heavy atom. The van der Waals surface area contributed by atoms with Crippen LogP contribution in [0.5, 0.6) is 0 Å². The fourth-order valence-electron chi connectivity index (χ4n) is 2.38. The van der Waals surface area contributed by atoms with Crippen LogP contribution in [0.25, 0.3) is 0 Å². The molecule has 2 N–H and O–H groups in total. The summed E-state index contributed by atoms with van der Waals surface area (Å²) in [6, 6.07) is -0.0871. The van der Waals surface area contributed by atoms with Crippen molar-refractivity contribution in [1.82, 2.24) is 10.6 Å². The topological polar surface area (TPSA) is 111 Å². The van der Waals surface area contributed by atoms with E-state index in [1.807, 2.05) is 0 Å². The predicted octanol–water partition coefficient (Wildman–Crippen LogP) is 0.447. The van der Waals surface area contributed by atoms with Gasteiger partial charge in [0, 0.05) is 12.5 Å². The minimum Gasteiger partial charge on any atom is -0.351 e. The molecule has 0 bridgehead atoms. The van der Waals surface area contributed by atoms with Crippen molar-refractivity contribution < 1.29 is 19.5 Å². The van der Waals surface area contributed by atoms with E-state index in [4.69, 9.17) is 0 Å². The van der Waals surface area contributed by atoms with Gasteiger partial charge in [-0.1, -0.05) is 0 Å². The second kappa shape index (κ2) is 7.60. The maximum atomic E-state index is 12.2. The molecular formula is C12H21N3O5S. The van der Waals surface area contributed by atoms with Gasteiger partial charge in [-0.2, -0.15) is 0 Å². The van der Waals surface area contributed by atoms with Crippen molar-refractivity contribution in [3.8, 4) is 0 Å². The fourth-order valence-corrected chi connectivity index (χ4v) is 2.67. The van der Waals surface area contributed by atoms with Gasteiger partial charge in [0.2, 0.25) is 0 Å². The first-order chi connectivity index (χ1) is 9.76. The van der Waals surface area contributed by atoms with E-state index in [0.717, 1.165) is 0 Å². The summed E-state index contributed by atoms with van der Waals surface area (Å²) in [5, 5.41) is 15.1. The molecule has 0 aromatic heterocycles. The van der Waals surface area contributed by atoms with E-state index in [1.54, 1.807) is 7.05 Å². The van der Waals surface area contributed by atoms with Gasteiger partial charge in [0.15, 0.2) is 0 Å². The molecule has 1 aliphatic carbocycles. The SMILES string of the molecule is CNC(S)(CC(C)=O)C(=O)NC1CCC(O[N+](=O)[O-])CC1. The quantitative estimate of drug-likeness (QED) is 0.272. The van der Waals surface area contributed by atoms with Crippen molar-refractivity contribution >= 4 is 24.3 Å². The van der Waals surface area contributed by atoms with Crippen LogP contribution in [0, 0.1) is 10.1 Å². The van der Waals surface area contributed by atoms with E-state index in [0.29, 0.717) is 25.7 Å². The molecule has 21 heavy (non-hydrogen) atoms. The van der Waals surface area contributed by atoms with Gasteiger partial charge < -0.3 is 10.2 Å². The molecule has 1 amide bonds. The van der Waals surface area contributed by atoms with Crippen LogP contribution < -0.4 is 10.6 Å². The van der Waals surface area contributed by atoms with Crippen molar-refractivity contribution in [3.05, 3.63) is 10.1 Å². The smallest absolute Gasteiger partial charge is 0.294 e. The van der Waals surface area contributed by atoms with Crippen LogP contribution in [0.2, 0.25) is 0 Å². The molecule has 1 atom stereocenters. The highest BCUT2D eigenvalue weighted by Crippen LogP contribution is 2.23. The Bertz CT molecular complexity index is 412. The Kier molecular flexibility index (Phi) is 6.41. The van der Waals surface area contributed by atoms with Crippen molar-refractivity contribution in [3.63, 3.8) is 0 Å². The second-order valence-corrected chi connectivity index (χ2v) is 6.03. The third kappa shape index (κ3) is 5.50. The van der Waals surface area contributed by atoms with Gasteiger partial charge in [-0.05, 0) is 39.7 Å². The molecule has 0 radical (unpaired) electrons. The van der Waals surface area contributed by atoms with Crippen LogP contribution in [-0.4, -0.2) is 40.8 Å². The zero-order valence-corrected chi connectivity index (χ0v) is 13.0. The van der Waals surface area contributed by atoms with Gasteiger partial charge in [0.1, 0.15) is 16.8 Å². The lowest BCUT2D eigenvalue weighted by atomic mass is 9.92. The summed E-state index contributed by atoms with van der Waals surface area (Å²) < 4.78 is 0. The number of hydrogen-bond acceptors (Lipinski definition) is 7. The van der Waals surface area contributed by atoms with Crippen LogP contribution in [0.15, 0.2) is 0 Å². The van der Waals surface area contributed by atoms with Gasteiger partial charge >= 0.3 is 0 Å². The highest BCUT2D eigenvalue weighted by atomic mass is 32.1. The molecule has 0 aromatic carbocycles. The molecule has 1 rings (SSSR count). The summed E-state index contributed by atoms with van der Waals surface area (Å²) in [5.41, 5.74) is 0. The molecule has 1 aliphatic rings. The van der Waals surface area contributed by atoms with E-state index in [1.165, 1.54) is 6.92 Å². The van der Waals surface area contributed by atoms with E-state index in [-0.39, 0.29) is 24.2 Å². The Morgan fingerprint density at radius 3 is 2.38 bits per heavy atom. The molecule has 8 nitrogen and oxygen atoms in total. The summed E-state index contributed by atoms with van der Waals surface area (Å²) in [6.45, 7) is 1.40. The maximum Gasteiger partial charge on any atom is 0.294 e. The molecule has 1 saturated carbocycles. The number of rotatable bonds is 7. The molecule has 0 heterocycles. The number of likely N-dealkylation sites (N-methyl/N-ethyl adjacent to an activating group) is 1. The molecule has 0 aromatic rings. The maximum absolute atomic E-state index is 12.2. The van der Waals surface area contributed by atoms with E-state index < -0.39 is 16.1 Å². The first kappa shape index (κ1) is 17.7. The lowest BCUT2D eigenvalue weighted by Gasteiger charge is -2.32. The third-order valence-corrected chi connectivity index (χ3v) is 4.12. The molecule has 0 saturated heterocycles. The first-order valence-electron chi connectivity index (χ1n) is 6.79. The molecule has 9 heteroatoms. The largest absolute Gasteiger partial charge is 0.351 e. The number of carbonyl (C=O) groups excluding carboxylic acids is 2. The Balaban J connectivity index is 2.49. The monoisotopic (exact) mass is 319 g/mol. The average molecular weight is 319 g/mol. The number of nitrogens with one attached hydrogen (secondary N) is 2. The Morgan fingerprint density at radius 1 is 1.38 bits per heavy atom. The minimum absolute atomic E-state index is 0.0157. The summed E-state index contributed by atoms with van der Waals surface area (Å²) in [7, 11) is 1.57. The summed E-state index contributed by atoms with van der Waals surface area (Å²) in [6.07, 6.45) is 1.79. The van der Waals surface area contributed by atoms with Gasteiger partial charge in [-0.15, -0.1) is 22.7 Å². The first-order valence-corrected chi connectivity index (χ1v) is 7.24. The van der Waals surface area contributed by atoms with Crippen molar-refractivity contribution in [2.75, 3.05) is 7.05 Å². The number of ketones is 1. The number of amides is 1. The highest BCUT2D eigenvalue weighted by molar-refractivity contribution is 7.82. The van der Waals surface area contributed by atoms with Gasteiger partial charge in [0.05, 0.1) is 0 Å². The molecule has 0 aliphatic heterocycles. The average Bonchev–Trinajstić information content (AvgIpc) is 2.39. The standard InChI is InChI=1S/C12H21N3O5S/c1-8(16)7-12(21,13-2)11(17)14-9-3-5-10(6-4-9)20-15(18)19/h9-10,13,21H,3-7H2,1-2H3,(H,14,17). The Labute approximate surface area is 128 Å². The van der Waals surface area contributed by atoms with Crippen molar-refractivity contribution in [2.45, 2.75) is 56.0 Å². The lowest BCUT2D eigenvalue weighted by molar-refractivity contribution is -0.769. The summed E-state index contributed by atoms with van der Waals surface area (Å²) in [4.78, 5) is 37.0. The highest BCUT2D eigenvalue weighted by Gasteiger charge is 2.36. The number of nitrogens with zero attached hydrogens (tertiary/aromatic N) is 1. The zero-order chi connectivity index (χ0) is 16.0. The Hall–Kier alpha value is -1.35. The van der Waals surface area contributed by atoms with Crippen LogP contribution in [-0.2, 0) is 14.4 Å². The third-order valence-electron chi connectivity index (χ3n) is 3.54. The fraction of sp³-hybridized carbons (Fsp3) is 0.833. The number of thiol groups is 1. The van der Waals surface area contributed by atoms with Crippen LogP contribution in [0.1, 0.15) is 39.0 Å². The summed E-state index contributed by atoms with van der Waals surface area (Å²) in [5.74, 6) is -0.500. The second-order valence-electron chi connectivity index (χ2n) is 5.27. The predicted molar refractivity (Wildman–Crippen MR) is 78.3 cm³/mol. The van der Waals surface area contributed by atoms with Crippen LogP contribution >= 0.6 is 12.6 Å². The van der Waals surface area contributed by atoms with Gasteiger partial charge in [-0.25, -0.2) is 0 Å². The van der Waals surface area contributed by atoms with Crippen LogP contribution in [0.4, 0.5) is 0 Å². The van der Waals surface area contributed by atoms with Crippen molar-refractivity contribution in [1.29, 1.82) is 0 Å². The minimum atomic E-state index is -1.24. The molecule has 1 fully saturated rings. The molecule has 0 spiro atoms. The molecular weight excluding hydrogens is 298 g/mol. The number of hydrogen-bond donors (Lipinski definition) is 3. The zero-order valence-electron chi connectivity index (χ0n) is 12.1. The van der Waals surface area contributed by atoms with Crippen molar-refractivity contribution in [2.24, 2.45) is 0 Å². The number of Topliss-reactive ketones (excluding diaryl/α,β-unsaturated/α-hetero) is 1. The van der Waals surface area contributed by atoms with Gasteiger partial charge in [0.25, 0.3) is 11.0 Å². The van der Waals surface area contributed by atoms with E-state index in [2.05, 4.69) is 28.1 Å². The molecule has 1 unspecified atom stereocenters. The normalized spacial score (nSPS) is 24.7.